The van der Waals surface area contributed by atoms with Crippen LogP contribution in [0.3, 0.4) is 0 Å². The van der Waals surface area contributed by atoms with Gasteiger partial charge in [0.2, 0.25) is 5.91 Å². The molecule has 6 nitrogen and oxygen atoms in total. The van der Waals surface area contributed by atoms with E-state index in [1.165, 1.54) is 12.1 Å². The molecule has 0 bridgehead atoms. The number of carboxylic acids is 1. The molecule has 4 N–H and O–H groups in total. The maximum absolute atomic E-state index is 11.7. The van der Waals surface area contributed by atoms with Crippen LogP contribution in [0.15, 0.2) is 54.6 Å². The van der Waals surface area contributed by atoms with Gasteiger partial charge in [-0.3, -0.25) is 10.1 Å². The van der Waals surface area contributed by atoms with E-state index in [-0.39, 0.29) is 6.54 Å². The van der Waals surface area contributed by atoms with Gasteiger partial charge in [0.15, 0.2) is 5.72 Å². The first-order valence-electron chi connectivity index (χ1n) is 7.53. The number of carboxylic acid groups (broad SMARTS) is 1. The second-order valence-corrected chi connectivity index (χ2v) is 5.41. The Morgan fingerprint density at radius 2 is 1.67 bits per heavy atom. The quantitative estimate of drug-likeness (QED) is 0.618. The Morgan fingerprint density at radius 1 is 1.12 bits per heavy atom. The van der Waals surface area contributed by atoms with E-state index in [0.717, 1.165) is 0 Å². The molecule has 0 aliphatic carbocycles. The molecule has 0 aliphatic heterocycles. The Labute approximate surface area is 139 Å². The van der Waals surface area contributed by atoms with E-state index >= 15 is 0 Å². The van der Waals surface area contributed by atoms with Gasteiger partial charge in [0.1, 0.15) is 0 Å². The molecule has 0 fully saturated rings. The van der Waals surface area contributed by atoms with E-state index < -0.39 is 23.5 Å². The van der Waals surface area contributed by atoms with Crippen molar-refractivity contribution in [3.05, 3.63) is 71.3 Å². The van der Waals surface area contributed by atoms with Gasteiger partial charge in [0.25, 0.3) is 0 Å². The van der Waals surface area contributed by atoms with E-state index in [9.17, 15) is 19.8 Å². The van der Waals surface area contributed by atoms with Gasteiger partial charge in [-0.15, -0.1) is 0 Å². The number of benzene rings is 2. The first kappa shape index (κ1) is 17.7. The van der Waals surface area contributed by atoms with E-state index in [2.05, 4.69) is 5.32 Å². The van der Waals surface area contributed by atoms with Crippen LogP contribution in [0.5, 0.6) is 0 Å². The molecule has 6 heteroatoms. The number of carbonyl (C=O) groups is 2. The summed E-state index contributed by atoms with van der Waals surface area (Å²) in [4.78, 5) is 22.9. The molecule has 0 heterocycles. The highest BCUT2D eigenvalue weighted by molar-refractivity contribution is 5.92. The van der Waals surface area contributed by atoms with E-state index in [0.29, 0.717) is 16.7 Å². The van der Waals surface area contributed by atoms with Crippen molar-refractivity contribution in [1.29, 1.82) is 0 Å². The van der Waals surface area contributed by atoms with Gasteiger partial charge in [0.05, 0.1) is 11.9 Å². The highest BCUT2D eigenvalue weighted by atomic mass is 16.4. The predicted octanol–water partition coefficient (Wildman–Crippen LogP) is -0.0346. The van der Waals surface area contributed by atoms with Gasteiger partial charge < -0.3 is 20.7 Å². The molecule has 0 saturated heterocycles. The lowest BCUT2D eigenvalue weighted by molar-refractivity contribution is -0.328. The fourth-order valence-electron chi connectivity index (χ4n) is 2.72. The number of rotatable bonds is 7. The molecule has 24 heavy (non-hydrogen) atoms. The zero-order valence-electron chi connectivity index (χ0n) is 13.2. The molecule has 1 amide bonds. The normalized spacial score (nSPS) is 14.6. The molecule has 2 aromatic rings. The molecule has 2 aromatic carbocycles. The summed E-state index contributed by atoms with van der Waals surface area (Å²) in [5.41, 5.74) is 4.33. The Hall–Kier alpha value is -2.70. The zero-order chi connectivity index (χ0) is 17.7. The van der Waals surface area contributed by atoms with Gasteiger partial charge >= 0.3 is 0 Å². The standard InChI is InChI=1S/C18H20N2O4/c1-2-20-18(24,17(22)23)15(12-6-4-3-5-7-12)13-8-10-14(11-9-13)16(19)21/h3-11,15,20,24H,2H2,1H3,(H2,19,21)(H,22,23)/p-1. The maximum atomic E-state index is 11.7. The van der Waals surface area contributed by atoms with Crippen molar-refractivity contribution in [2.45, 2.75) is 18.6 Å². The molecule has 0 saturated carbocycles. The summed E-state index contributed by atoms with van der Waals surface area (Å²) < 4.78 is 0. The Kier molecular flexibility index (Phi) is 5.33. The third-order valence-electron chi connectivity index (χ3n) is 3.84. The Balaban J connectivity index is 2.59. The number of amides is 1. The van der Waals surface area contributed by atoms with Crippen LogP contribution in [0, 0.1) is 0 Å². The number of nitrogens with one attached hydrogen (secondary N) is 1. The van der Waals surface area contributed by atoms with Crippen LogP contribution >= 0.6 is 0 Å². The predicted molar refractivity (Wildman–Crippen MR) is 86.9 cm³/mol. The fraction of sp³-hybridized carbons (Fsp3) is 0.222. The van der Waals surface area contributed by atoms with Crippen molar-refractivity contribution >= 4 is 11.9 Å². The molecule has 2 atom stereocenters. The number of carbonyl (C=O) groups excluding carboxylic acids is 2. The lowest BCUT2D eigenvalue weighted by atomic mass is 9.82. The number of hydrogen-bond acceptors (Lipinski definition) is 5. The number of likely N-dealkylation sites (N-methyl/N-ethyl adjacent to an activating group) is 1. The van der Waals surface area contributed by atoms with E-state index in [1.807, 2.05) is 0 Å². The van der Waals surface area contributed by atoms with Crippen LogP contribution in [0.4, 0.5) is 0 Å². The lowest BCUT2D eigenvalue weighted by Crippen LogP contribution is -2.62. The topological polar surface area (TPSA) is 115 Å². The van der Waals surface area contributed by atoms with Crippen molar-refractivity contribution in [2.75, 3.05) is 6.54 Å². The van der Waals surface area contributed by atoms with Crippen molar-refractivity contribution in [2.24, 2.45) is 5.73 Å². The SMILES string of the molecule is CCNC(O)(C(=O)[O-])C(c1ccccc1)c1ccc(C(N)=O)cc1. The van der Waals surface area contributed by atoms with Crippen LogP contribution in [0.1, 0.15) is 34.3 Å². The summed E-state index contributed by atoms with van der Waals surface area (Å²) in [6.45, 7) is 1.92. The zero-order valence-corrected chi connectivity index (χ0v) is 13.2. The van der Waals surface area contributed by atoms with E-state index in [4.69, 9.17) is 5.73 Å². The largest absolute Gasteiger partial charge is 0.545 e. The molecule has 0 aliphatic rings. The summed E-state index contributed by atoms with van der Waals surface area (Å²) in [5, 5.41) is 25.0. The average molecular weight is 327 g/mol. The van der Waals surface area contributed by atoms with Crippen LogP contribution < -0.4 is 16.2 Å². The van der Waals surface area contributed by atoms with Crippen LogP contribution in [-0.4, -0.2) is 29.3 Å². The van der Waals surface area contributed by atoms with Crippen LogP contribution in [0.25, 0.3) is 0 Å². The molecule has 0 radical (unpaired) electrons. The Morgan fingerprint density at radius 3 is 2.12 bits per heavy atom. The van der Waals surface area contributed by atoms with Gasteiger partial charge in [-0.2, -0.15) is 0 Å². The van der Waals surface area contributed by atoms with Crippen molar-refractivity contribution < 1.29 is 19.8 Å². The van der Waals surface area contributed by atoms with E-state index in [1.54, 1.807) is 49.4 Å². The number of aliphatic carboxylic acids is 1. The van der Waals surface area contributed by atoms with Gasteiger partial charge in [-0.05, 0) is 29.8 Å². The summed E-state index contributed by atoms with van der Waals surface area (Å²) in [6, 6.07) is 14.9. The van der Waals surface area contributed by atoms with Gasteiger partial charge in [-0.25, -0.2) is 0 Å². The molecule has 2 rings (SSSR count). The van der Waals surface area contributed by atoms with Gasteiger partial charge in [0, 0.05) is 5.56 Å². The first-order valence-corrected chi connectivity index (χ1v) is 7.53. The highest BCUT2D eigenvalue weighted by Crippen LogP contribution is 2.33. The van der Waals surface area contributed by atoms with Crippen molar-refractivity contribution in [3.63, 3.8) is 0 Å². The lowest BCUT2D eigenvalue weighted by Gasteiger charge is -2.38. The van der Waals surface area contributed by atoms with Gasteiger partial charge in [-0.1, -0.05) is 49.4 Å². The monoisotopic (exact) mass is 327 g/mol. The molecule has 0 aromatic heterocycles. The van der Waals surface area contributed by atoms with Crippen LogP contribution in [0.2, 0.25) is 0 Å². The highest BCUT2D eigenvalue weighted by Gasteiger charge is 2.39. The summed E-state index contributed by atoms with van der Waals surface area (Å²) in [6.07, 6.45) is 0. The second kappa shape index (κ2) is 7.25. The number of nitrogens with two attached hydrogens (primary N) is 1. The summed E-state index contributed by atoms with van der Waals surface area (Å²) in [5.74, 6) is -3.14. The molecule has 126 valence electrons. The van der Waals surface area contributed by atoms with Crippen molar-refractivity contribution in [3.8, 4) is 0 Å². The first-order chi connectivity index (χ1) is 11.4. The molecular formula is C18H19N2O4-. The minimum absolute atomic E-state index is 0.229. The number of aliphatic hydroxyl groups is 1. The molecule has 2 unspecified atom stereocenters. The van der Waals surface area contributed by atoms with Crippen LogP contribution in [-0.2, 0) is 4.79 Å². The summed E-state index contributed by atoms with van der Waals surface area (Å²) in [7, 11) is 0. The average Bonchev–Trinajstić information content (AvgIpc) is 2.56. The molecular weight excluding hydrogens is 308 g/mol. The third-order valence-corrected chi connectivity index (χ3v) is 3.84. The maximum Gasteiger partial charge on any atom is 0.248 e. The third kappa shape index (κ3) is 3.45. The minimum atomic E-state index is -2.30. The van der Waals surface area contributed by atoms with Crippen molar-refractivity contribution in [1.82, 2.24) is 5.32 Å². The minimum Gasteiger partial charge on any atom is -0.545 e. The smallest absolute Gasteiger partial charge is 0.248 e. The fourth-order valence-corrected chi connectivity index (χ4v) is 2.72. The molecule has 0 spiro atoms. The Bertz CT molecular complexity index is 716. The number of primary amides is 1. The number of hydrogen-bond donors (Lipinski definition) is 3. The summed E-state index contributed by atoms with van der Waals surface area (Å²) >= 11 is 0. The second-order valence-electron chi connectivity index (χ2n) is 5.41.